The van der Waals surface area contributed by atoms with Crippen LogP contribution in [0.1, 0.15) is 39.0 Å². The SMILES string of the molecule is CCCCCOC(=O)n1c(=O)ccc2ccc(OCCCCN3CCN(c4cccc(Cl)c4Cl)CC3)cc21. The first kappa shape index (κ1) is 28.3. The van der Waals surface area contributed by atoms with Crippen LogP contribution in [0, 0.1) is 0 Å². The van der Waals surface area contributed by atoms with Gasteiger partial charge in [-0.25, -0.2) is 9.36 Å². The number of piperazine rings is 1. The van der Waals surface area contributed by atoms with Gasteiger partial charge in [-0.1, -0.05) is 49.0 Å². The van der Waals surface area contributed by atoms with Crippen molar-refractivity contribution in [2.75, 3.05) is 50.8 Å². The molecule has 1 aromatic heterocycles. The van der Waals surface area contributed by atoms with E-state index < -0.39 is 11.7 Å². The van der Waals surface area contributed by atoms with E-state index in [2.05, 4.69) is 16.7 Å². The van der Waals surface area contributed by atoms with E-state index in [0.717, 1.165) is 80.5 Å². The number of benzene rings is 2. The highest BCUT2D eigenvalue weighted by Crippen LogP contribution is 2.32. The smallest absolute Gasteiger partial charge is 0.421 e. The Morgan fingerprint density at radius 3 is 2.47 bits per heavy atom. The van der Waals surface area contributed by atoms with Gasteiger partial charge in [-0.2, -0.15) is 0 Å². The van der Waals surface area contributed by atoms with Crippen molar-refractivity contribution in [3.63, 3.8) is 0 Å². The Kier molecular flexibility index (Phi) is 10.3. The maximum Gasteiger partial charge on any atom is 0.421 e. The largest absolute Gasteiger partial charge is 0.494 e. The summed E-state index contributed by atoms with van der Waals surface area (Å²) in [6.07, 6.45) is 4.06. The molecule has 1 aliphatic heterocycles. The average molecular weight is 561 g/mol. The lowest BCUT2D eigenvalue weighted by atomic mass is 10.2. The van der Waals surface area contributed by atoms with Crippen LogP contribution in [0.4, 0.5) is 10.5 Å². The molecule has 38 heavy (non-hydrogen) atoms. The molecule has 1 saturated heterocycles. The molecule has 0 aliphatic carbocycles. The standard InChI is InChI=1S/C29H35Cl2N3O4/c1-2-3-5-20-38-29(36)34-26-21-23(12-10-22(26)11-13-27(34)35)37-19-6-4-14-32-15-17-33(18-16-32)25-9-7-8-24(30)28(25)31/h7-13,21H,2-6,14-20H2,1H3. The van der Waals surface area contributed by atoms with Gasteiger partial charge < -0.3 is 14.4 Å². The van der Waals surface area contributed by atoms with E-state index in [1.165, 1.54) is 6.07 Å². The number of unbranched alkanes of at least 4 members (excludes halogenated alkanes) is 3. The van der Waals surface area contributed by atoms with Crippen LogP contribution in [0.3, 0.4) is 0 Å². The molecule has 9 heteroatoms. The molecule has 0 N–H and O–H groups in total. The van der Waals surface area contributed by atoms with E-state index in [1.54, 1.807) is 12.1 Å². The summed E-state index contributed by atoms with van der Waals surface area (Å²) in [5, 5.41) is 1.98. The number of rotatable bonds is 11. The summed E-state index contributed by atoms with van der Waals surface area (Å²) in [7, 11) is 0. The molecule has 7 nitrogen and oxygen atoms in total. The van der Waals surface area contributed by atoms with Crippen LogP contribution in [-0.4, -0.2) is 61.5 Å². The van der Waals surface area contributed by atoms with Gasteiger partial charge in [-0.3, -0.25) is 9.69 Å². The Labute approximate surface area is 233 Å². The highest BCUT2D eigenvalue weighted by Gasteiger charge is 2.19. The first-order valence-electron chi connectivity index (χ1n) is 13.3. The molecule has 1 fully saturated rings. The van der Waals surface area contributed by atoms with Gasteiger partial charge >= 0.3 is 6.09 Å². The number of hydrogen-bond donors (Lipinski definition) is 0. The third kappa shape index (κ3) is 7.22. The lowest BCUT2D eigenvalue weighted by Gasteiger charge is -2.36. The van der Waals surface area contributed by atoms with E-state index >= 15 is 0 Å². The molecule has 204 valence electrons. The summed E-state index contributed by atoms with van der Waals surface area (Å²) >= 11 is 12.6. The zero-order valence-corrected chi connectivity index (χ0v) is 23.3. The number of hydrogen-bond acceptors (Lipinski definition) is 6. The molecule has 0 unspecified atom stereocenters. The Morgan fingerprint density at radius 2 is 1.68 bits per heavy atom. The molecule has 1 aliphatic rings. The summed E-state index contributed by atoms with van der Waals surface area (Å²) in [5.74, 6) is 0.627. The maximum absolute atomic E-state index is 12.6. The predicted octanol–water partition coefficient (Wildman–Crippen LogP) is 6.46. The second-order valence-corrected chi connectivity index (χ2v) is 10.3. The van der Waals surface area contributed by atoms with Crippen LogP contribution >= 0.6 is 23.2 Å². The Balaban J connectivity index is 1.24. The van der Waals surface area contributed by atoms with Gasteiger partial charge in [0.05, 0.1) is 34.5 Å². The van der Waals surface area contributed by atoms with Crippen LogP contribution in [0.25, 0.3) is 10.9 Å². The molecule has 0 saturated carbocycles. The second-order valence-electron chi connectivity index (χ2n) is 9.51. The summed E-state index contributed by atoms with van der Waals surface area (Å²) < 4.78 is 12.4. The number of anilines is 1. The number of aromatic nitrogens is 1. The zero-order chi connectivity index (χ0) is 26.9. The maximum atomic E-state index is 12.6. The van der Waals surface area contributed by atoms with Gasteiger partial charge in [0, 0.05) is 38.3 Å². The molecule has 0 radical (unpaired) electrons. The van der Waals surface area contributed by atoms with Gasteiger partial charge in [0.1, 0.15) is 5.75 Å². The van der Waals surface area contributed by atoms with E-state index in [1.807, 2.05) is 30.3 Å². The van der Waals surface area contributed by atoms with Crippen LogP contribution < -0.4 is 15.2 Å². The van der Waals surface area contributed by atoms with Gasteiger partial charge in [-0.15, -0.1) is 0 Å². The van der Waals surface area contributed by atoms with Crippen LogP contribution in [0.15, 0.2) is 53.3 Å². The lowest BCUT2D eigenvalue weighted by molar-refractivity contribution is 0.146. The van der Waals surface area contributed by atoms with Crippen molar-refractivity contribution in [3.8, 4) is 5.75 Å². The highest BCUT2D eigenvalue weighted by atomic mass is 35.5. The minimum atomic E-state index is -0.647. The molecule has 0 bridgehead atoms. The first-order valence-corrected chi connectivity index (χ1v) is 14.1. The normalized spacial score (nSPS) is 14.1. The molecule has 2 heterocycles. The van der Waals surface area contributed by atoms with E-state index in [4.69, 9.17) is 32.7 Å². The van der Waals surface area contributed by atoms with Crippen LogP contribution in [0.5, 0.6) is 5.75 Å². The van der Waals surface area contributed by atoms with Gasteiger partial charge in [0.15, 0.2) is 0 Å². The van der Waals surface area contributed by atoms with Crippen molar-refractivity contribution in [1.82, 2.24) is 9.47 Å². The Bertz CT molecular complexity index is 1290. The first-order chi connectivity index (χ1) is 18.5. The number of pyridine rings is 1. The second kappa shape index (κ2) is 13.9. The number of halogens is 2. The fourth-order valence-electron chi connectivity index (χ4n) is 4.64. The van der Waals surface area contributed by atoms with Crippen molar-refractivity contribution < 1.29 is 14.3 Å². The van der Waals surface area contributed by atoms with E-state index in [-0.39, 0.29) is 0 Å². The predicted molar refractivity (Wildman–Crippen MR) is 154 cm³/mol. The van der Waals surface area contributed by atoms with Crippen molar-refractivity contribution in [2.45, 2.75) is 39.0 Å². The average Bonchev–Trinajstić information content (AvgIpc) is 2.92. The van der Waals surface area contributed by atoms with Crippen molar-refractivity contribution in [1.29, 1.82) is 0 Å². The van der Waals surface area contributed by atoms with Crippen LogP contribution in [-0.2, 0) is 4.74 Å². The number of fused-ring (bicyclic) bond motifs is 1. The van der Waals surface area contributed by atoms with E-state index in [9.17, 15) is 9.59 Å². The third-order valence-corrected chi connectivity index (χ3v) is 7.62. The number of carbonyl (C=O) groups is 1. The Morgan fingerprint density at radius 1 is 0.921 bits per heavy atom. The van der Waals surface area contributed by atoms with Gasteiger partial charge in [-0.05, 0) is 61.5 Å². The van der Waals surface area contributed by atoms with Gasteiger partial charge in [0.2, 0.25) is 0 Å². The highest BCUT2D eigenvalue weighted by molar-refractivity contribution is 6.43. The molecular weight excluding hydrogens is 525 g/mol. The lowest BCUT2D eigenvalue weighted by Crippen LogP contribution is -2.46. The molecule has 0 atom stereocenters. The van der Waals surface area contributed by atoms with Crippen molar-refractivity contribution in [3.05, 3.63) is 68.9 Å². The molecular formula is C29H35Cl2N3O4. The van der Waals surface area contributed by atoms with E-state index in [0.29, 0.717) is 34.5 Å². The summed E-state index contributed by atoms with van der Waals surface area (Å²) in [4.78, 5) is 29.8. The summed E-state index contributed by atoms with van der Waals surface area (Å²) in [6, 6.07) is 14.3. The topological polar surface area (TPSA) is 64.0 Å². The Hall–Kier alpha value is -2.74. The molecule has 0 amide bonds. The monoisotopic (exact) mass is 559 g/mol. The third-order valence-electron chi connectivity index (χ3n) is 6.81. The fraction of sp³-hybridized carbons (Fsp3) is 0.448. The zero-order valence-electron chi connectivity index (χ0n) is 21.8. The van der Waals surface area contributed by atoms with Crippen molar-refractivity contribution in [2.24, 2.45) is 0 Å². The minimum Gasteiger partial charge on any atom is -0.494 e. The van der Waals surface area contributed by atoms with Gasteiger partial charge in [0.25, 0.3) is 5.56 Å². The van der Waals surface area contributed by atoms with Crippen molar-refractivity contribution >= 4 is 45.9 Å². The minimum absolute atomic E-state index is 0.301. The quantitative estimate of drug-likeness (QED) is 0.251. The summed E-state index contributed by atoms with van der Waals surface area (Å²) in [5.41, 5.74) is 1.08. The molecule has 3 aromatic rings. The fourth-order valence-corrected chi connectivity index (χ4v) is 5.06. The number of carbonyl (C=O) groups excluding carboxylic acids is 1. The van der Waals surface area contributed by atoms with Crippen LogP contribution in [0.2, 0.25) is 10.0 Å². The number of nitrogens with zero attached hydrogens (tertiary/aromatic N) is 3. The molecule has 2 aromatic carbocycles. The molecule has 0 spiro atoms. The number of ether oxygens (including phenoxy) is 2. The summed E-state index contributed by atoms with van der Waals surface area (Å²) in [6.45, 7) is 7.71. The molecule has 4 rings (SSSR count).